The molecule has 4 aromatic rings. The third kappa shape index (κ3) is 3.14. The fourth-order valence-electron chi connectivity index (χ4n) is 4.48. The molecule has 162 valence electrons. The molecule has 0 bridgehead atoms. The lowest BCUT2D eigenvalue weighted by Crippen LogP contribution is -2.75. The molecular formula is C27H23BN2O3. The normalized spacial score (nSPS) is 15.2. The second-order valence-corrected chi connectivity index (χ2v) is 8.41. The van der Waals surface area contributed by atoms with Crippen molar-refractivity contribution >= 4 is 23.9 Å². The minimum absolute atomic E-state index is 0.672. The first-order chi connectivity index (χ1) is 16.1. The molecule has 5 nitrogen and oxygen atoms in total. The van der Waals surface area contributed by atoms with Crippen LogP contribution in [0.25, 0.3) is 11.3 Å². The zero-order valence-electron chi connectivity index (χ0n) is 18.5. The lowest BCUT2D eigenvalue weighted by molar-refractivity contribution is -0.588. The summed E-state index contributed by atoms with van der Waals surface area (Å²) in [5, 5.41) is 0. The van der Waals surface area contributed by atoms with Crippen LogP contribution in [0.2, 0.25) is 0 Å². The molecule has 0 unspecified atom stereocenters. The average molecular weight is 434 g/mol. The average Bonchev–Trinajstić information content (AvgIpc) is 3.23. The van der Waals surface area contributed by atoms with Crippen LogP contribution in [0.5, 0.6) is 11.5 Å². The smallest absolute Gasteiger partial charge is 0.581 e. The van der Waals surface area contributed by atoms with Gasteiger partial charge in [0.1, 0.15) is 23.5 Å². The van der Waals surface area contributed by atoms with Gasteiger partial charge in [0.25, 0.3) is 0 Å². The van der Waals surface area contributed by atoms with E-state index in [2.05, 4.69) is 47.4 Å². The number of fused-ring (bicyclic) bond motifs is 3. The van der Waals surface area contributed by atoms with Crippen LogP contribution in [-0.2, 0) is 4.65 Å². The van der Waals surface area contributed by atoms with E-state index >= 15 is 0 Å². The van der Waals surface area contributed by atoms with Crippen LogP contribution < -0.4 is 18.7 Å². The van der Waals surface area contributed by atoms with Gasteiger partial charge in [-0.15, -0.1) is 0 Å². The third-order valence-corrected chi connectivity index (χ3v) is 6.09. The molecule has 6 heteroatoms. The molecule has 0 saturated carbocycles. The Labute approximate surface area is 193 Å². The van der Waals surface area contributed by atoms with Crippen LogP contribution in [0.3, 0.4) is 0 Å². The summed E-state index contributed by atoms with van der Waals surface area (Å²) in [5.74, 6) is 2.07. The molecule has 0 saturated heterocycles. The lowest BCUT2D eigenvalue weighted by atomic mass is 9.86. The van der Waals surface area contributed by atoms with E-state index in [4.69, 9.17) is 14.0 Å². The summed E-state index contributed by atoms with van der Waals surface area (Å²) in [7, 11) is 4.06. The van der Waals surface area contributed by atoms with Gasteiger partial charge in [0.2, 0.25) is 0 Å². The Kier molecular flexibility index (Phi) is 4.40. The van der Waals surface area contributed by atoms with Gasteiger partial charge in [-0.25, -0.2) is 0 Å². The van der Waals surface area contributed by atoms with Gasteiger partial charge in [0, 0.05) is 31.4 Å². The first-order valence-electron chi connectivity index (χ1n) is 11.0. The maximum absolute atomic E-state index is 6.74. The predicted molar refractivity (Wildman–Crippen MR) is 130 cm³/mol. The number of pyridine rings is 1. The molecule has 0 aliphatic carbocycles. The van der Waals surface area contributed by atoms with Crippen molar-refractivity contribution in [3.63, 3.8) is 0 Å². The summed E-state index contributed by atoms with van der Waals surface area (Å²) in [6.45, 7) is -2.31. The Balaban J connectivity index is 1.59. The van der Waals surface area contributed by atoms with Crippen LogP contribution in [-0.4, -0.2) is 21.0 Å². The van der Waals surface area contributed by atoms with E-state index in [1.165, 1.54) is 0 Å². The van der Waals surface area contributed by atoms with Gasteiger partial charge in [0.15, 0.2) is 5.69 Å². The minimum Gasteiger partial charge on any atom is -0.581 e. The van der Waals surface area contributed by atoms with Gasteiger partial charge in [-0.3, -0.25) is 4.48 Å². The van der Waals surface area contributed by atoms with E-state index in [9.17, 15) is 0 Å². The Morgan fingerprint density at radius 2 is 1.27 bits per heavy atom. The third-order valence-electron chi connectivity index (χ3n) is 6.09. The maximum Gasteiger partial charge on any atom is 0.878 e. The van der Waals surface area contributed by atoms with E-state index in [0.717, 1.165) is 33.8 Å². The van der Waals surface area contributed by atoms with Crippen molar-refractivity contribution in [1.29, 1.82) is 0 Å². The monoisotopic (exact) mass is 434 g/mol. The van der Waals surface area contributed by atoms with Gasteiger partial charge < -0.3 is 18.9 Å². The van der Waals surface area contributed by atoms with E-state index in [1.54, 1.807) is 0 Å². The van der Waals surface area contributed by atoms with Crippen molar-refractivity contribution in [2.24, 2.45) is 0 Å². The summed E-state index contributed by atoms with van der Waals surface area (Å²) in [5.41, 5.74) is 5.09. The second kappa shape index (κ2) is 7.45. The second-order valence-electron chi connectivity index (χ2n) is 8.41. The molecular weight excluding hydrogens is 411 g/mol. The van der Waals surface area contributed by atoms with Crippen molar-refractivity contribution in [3.05, 3.63) is 120 Å². The van der Waals surface area contributed by atoms with Crippen molar-refractivity contribution in [3.8, 4) is 11.5 Å². The molecule has 0 fully saturated rings. The maximum atomic E-state index is 6.74. The molecule has 2 aliphatic heterocycles. The molecule has 1 aromatic heterocycles. The van der Waals surface area contributed by atoms with Crippen molar-refractivity contribution in [1.82, 2.24) is 0 Å². The Morgan fingerprint density at radius 3 is 1.94 bits per heavy atom. The van der Waals surface area contributed by atoms with E-state index in [-0.39, 0.29) is 0 Å². The quantitative estimate of drug-likeness (QED) is 0.437. The topological polar surface area (TPSA) is 34.8 Å². The first-order valence-corrected chi connectivity index (χ1v) is 11.0. The van der Waals surface area contributed by atoms with Crippen molar-refractivity contribution in [2.75, 3.05) is 19.0 Å². The molecule has 6 rings (SSSR count). The largest absolute Gasteiger partial charge is 0.878 e. The number of hydrogen-bond acceptors (Lipinski definition) is 4. The van der Waals surface area contributed by atoms with Crippen LogP contribution in [0, 0.1) is 0 Å². The zero-order chi connectivity index (χ0) is 22.4. The van der Waals surface area contributed by atoms with Gasteiger partial charge in [-0.05, 0) is 48.0 Å². The summed E-state index contributed by atoms with van der Waals surface area (Å²) in [4.78, 5) is 2.08. The minimum atomic E-state index is -2.31. The number of nitrogens with zero attached hydrogens (tertiary/aromatic N) is 2. The highest BCUT2D eigenvalue weighted by molar-refractivity contribution is 6.56. The SMILES string of the molecule is CN(C)c1ccc(C2=C(c3ccccc3)c3cccc[n+]3[B-]3(O2)Oc2ccccc2O3)cc1. The molecule has 33 heavy (non-hydrogen) atoms. The lowest BCUT2D eigenvalue weighted by Gasteiger charge is -2.36. The summed E-state index contributed by atoms with van der Waals surface area (Å²) >= 11 is 0. The Hall–Kier alpha value is -4.19. The molecule has 1 spiro atoms. The highest BCUT2D eigenvalue weighted by atomic mass is 16.8. The Bertz CT molecular complexity index is 1340. The summed E-state index contributed by atoms with van der Waals surface area (Å²) in [6, 6.07) is 32.4. The number of benzene rings is 3. The number of anilines is 1. The van der Waals surface area contributed by atoms with Gasteiger partial charge >= 0.3 is 6.89 Å². The number of para-hydroxylation sites is 2. The van der Waals surface area contributed by atoms with Crippen LogP contribution in [0.15, 0.2) is 103 Å². The van der Waals surface area contributed by atoms with E-state index in [1.807, 2.05) is 79.4 Å². The van der Waals surface area contributed by atoms with Crippen LogP contribution in [0.4, 0.5) is 5.69 Å². The van der Waals surface area contributed by atoms with Gasteiger partial charge in [-0.1, -0.05) is 48.5 Å². The predicted octanol–water partition coefficient (Wildman–Crippen LogP) is 4.74. The Morgan fingerprint density at radius 1 is 0.636 bits per heavy atom. The summed E-state index contributed by atoms with van der Waals surface area (Å²) < 4.78 is 21.5. The van der Waals surface area contributed by atoms with Crippen molar-refractivity contribution < 1.29 is 18.4 Å². The number of hydrogen-bond donors (Lipinski definition) is 0. The van der Waals surface area contributed by atoms with Crippen LogP contribution >= 0.6 is 0 Å². The van der Waals surface area contributed by atoms with Gasteiger partial charge in [0.05, 0.1) is 5.57 Å². The fraction of sp³-hybridized carbons (Fsp3) is 0.0741. The van der Waals surface area contributed by atoms with Crippen LogP contribution in [0.1, 0.15) is 16.8 Å². The molecule has 0 radical (unpaired) electrons. The molecule has 3 heterocycles. The first kappa shape index (κ1) is 19.5. The molecule has 0 atom stereocenters. The van der Waals surface area contributed by atoms with E-state index < -0.39 is 6.89 Å². The number of rotatable bonds is 3. The van der Waals surface area contributed by atoms with Gasteiger partial charge in [-0.2, -0.15) is 0 Å². The molecule has 0 N–H and O–H groups in total. The molecule has 3 aromatic carbocycles. The molecule has 2 aliphatic rings. The van der Waals surface area contributed by atoms with E-state index in [0.29, 0.717) is 11.5 Å². The highest BCUT2D eigenvalue weighted by Gasteiger charge is 2.60. The summed E-state index contributed by atoms with van der Waals surface area (Å²) in [6.07, 6.45) is 1.95. The highest BCUT2D eigenvalue weighted by Crippen LogP contribution is 2.43. The fourth-order valence-corrected chi connectivity index (χ4v) is 4.48. The zero-order valence-corrected chi connectivity index (χ0v) is 18.5. The molecule has 0 amide bonds. The number of aromatic nitrogens is 1. The van der Waals surface area contributed by atoms with Crippen molar-refractivity contribution in [2.45, 2.75) is 0 Å². The standard InChI is InChI=1S/C27H23BN2O3/c1-29(2)22-17-15-21(16-18-22)27-26(20-10-4-3-5-11-20)23-12-8-9-19-30(23)28(33-27)31-24-13-6-7-14-25(24)32-28/h3-19H,1-2H3.